The quantitative estimate of drug-likeness (QED) is 0.722. The van der Waals surface area contributed by atoms with E-state index >= 15 is 0 Å². The first-order valence-corrected chi connectivity index (χ1v) is 6.77. The lowest BCUT2D eigenvalue weighted by Crippen LogP contribution is -2.52. The Bertz CT molecular complexity index is 209. The zero-order chi connectivity index (χ0) is 12.0. The molecule has 1 atom stereocenters. The average molecular weight is 224 g/mol. The highest BCUT2D eigenvalue weighted by Crippen LogP contribution is 2.21. The van der Waals surface area contributed by atoms with E-state index in [1.54, 1.807) is 0 Å². The van der Waals surface area contributed by atoms with E-state index in [1.165, 1.54) is 38.9 Å². The van der Waals surface area contributed by atoms with E-state index < -0.39 is 0 Å². The summed E-state index contributed by atoms with van der Waals surface area (Å²) >= 11 is 0. The van der Waals surface area contributed by atoms with Gasteiger partial charge in [-0.15, -0.1) is 6.58 Å². The molecule has 1 heterocycles. The molecule has 1 unspecified atom stereocenters. The van der Waals surface area contributed by atoms with Gasteiger partial charge in [-0.2, -0.15) is 0 Å². The van der Waals surface area contributed by atoms with Gasteiger partial charge in [-0.1, -0.05) is 19.9 Å². The fourth-order valence-corrected chi connectivity index (χ4v) is 2.65. The minimum Gasteiger partial charge on any atom is -0.310 e. The van der Waals surface area contributed by atoms with E-state index in [-0.39, 0.29) is 0 Å². The lowest BCUT2D eigenvalue weighted by Gasteiger charge is -2.37. The summed E-state index contributed by atoms with van der Waals surface area (Å²) in [6.45, 7) is 14.4. The third kappa shape index (κ3) is 3.33. The predicted molar refractivity (Wildman–Crippen MR) is 71.8 cm³/mol. The van der Waals surface area contributed by atoms with Gasteiger partial charge in [0.2, 0.25) is 0 Å². The van der Waals surface area contributed by atoms with Gasteiger partial charge in [-0.05, 0) is 45.7 Å². The molecule has 1 aliphatic heterocycles. The Morgan fingerprint density at radius 3 is 2.69 bits per heavy atom. The van der Waals surface area contributed by atoms with Crippen molar-refractivity contribution >= 4 is 0 Å². The summed E-state index contributed by atoms with van der Waals surface area (Å²) < 4.78 is 0. The van der Waals surface area contributed by atoms with Gasteiger partial charge >= 0.3 is 0 Å². The number of rotatable bonds is 5. The molecule has 1 aliphatic rings. The van der Waals surface area contributed by atoms with Crippen LogP contribution in [0.1, 0.15) is 46.5 Å². The fourth-order valence-electron chi connectivity index (χ4n) is 2.65. The van der Waals surface area contributed by atoms with Crippen LogP contribution in [0.2, 0.25) is 0 Å². The summed E-state index contributed by atoms with van der Waals surface area (Å²) in [4.78, 5) is 2.63. The summed E-state index contributed by atoms with van der Waals surface area (Å²) in [7, 11) is 0. The van der Waals surface area contributed by atoms with Gasteiger partial charge in [-0.25, -0.2) is 0 Å². The Kier molecular flexibility index (Phi) is 5.50. The van der Waals surface area contributed by atoms with Crippen molar-refractivity contribution in [2.45, 2.75) is 58.0 Å². The molecule has 0 spiro atoms. The SMILES string of the molecule is C=CCC(C)N1CCCNC(CC)(CC)C1. The van der Waals surface area contributed by atoms with Crippen LogP contribution >= 0.6 is 0 Å². The second-order valence-electron chi connectivity index (χ2n) is 5.11. The highest BCUT2D eigenvalue weighted by Gasteiger charge is 2.31. The van der Waals surface area contributed by atoms with Gasteiger partial charge < -0.3 is 5.32 Å². The molecule has 2 heteroatoms. The second-order valence-corrected chi connectivity index (χ2v) is 5.11. The molecule has 0 aromatic carbocycles. The van der Waals surface area contributed by atoms with Gasteiger partial charge in [-0.3, -0.25) is 4.90 Å². The highest BCUT2D eigenvalue weighted by molar-refractivity contribution is 4.93. The standard InChI is InChI=1S/C14H28N2/c1-5-9-13(4)16-11-8-10-15-14(6-2,7-3)12-16/h5,13,15H,1,6-12H2,2-4H3. The van der Waals surface area contributed by atoms with Gasteiger partial charge in [0.1, 0.15) is 0 Å². The zero-order valence-electron chi connectivity index (χ0n) is 11.3. The van der Waals surface area contributed by atoms with Crippen LogP contribution in [-0.2, 0) is 0 Å². The molecule has 0 amide bonds. The molecule has 0 aromatic rings. The van der Waals surface area contributed by atoms with Crippen LogP contribution in [0.4, 0.5) is 0 Å². The van der Waals surface area contributed by atoms with Gasteiger partial charge in [0.25, 0.3) is 0 Å². The van der Waals surface area contributed by atoms with Gasteiger partial charge in [0.05, 0.1) is 0 Å². The predicted octanol–water partition coefficient (Wildman–Crippen LogP) is 2.81. The molecule has 1 rings (SSSR count). The van der Waals surface area contributed by atoms with E-state index in [0.717, 1.165) is 6.42 Å². The summed E-state index contributed by atoms with van der Waals surface area (Å²) in [6.07, 6.45) is 6.86. The molecule has 1 N–H and O–H groups in total. The Morgan fingerprint density at radius 1 is 1.44 bits per heavy atom. The normalized spacial score (nSPS) is 23.7. The Hall–Kier alpha value is -0.340. The summed E-state index contributed by atoms with van der Waals surface area (Å²) in [5, 5.41) is 3.75. The first kappa shape index (κ1) is 13.7. The third-order valence-corrected chi connectivity index (χ3v) is 4.11. The van der Waals surface area contributed by atoms with Crippen LogP contribution in [0.15, 0.2) is 12.7 Å². The lowest BCUT2D eigenvalue weighted by molar-refractivity contribution is 0.157. The average Bonchev–Trinajstić information content (AvgIpc) is 2.52. The van der Waals surface area contributed by atoms with Crippen LogP contribution < -0.4 is 5.32 Å². The number of nitrogens with zero attached hydrogens (tertiary/aromatic N) is 1. The molecule has 0 aliphatic carbocycles. The first-order valence-electron chi connectivity index (χ1n) is 6.77. The van der Waals surface area contributed by atoms with Crippen molar-refractivity contribution in [3.8, 4) is 0 Å². The maximum absolute atomic E-state index is 3.85. The molecule has 16 heavy (non-hydrogen) atoms. The van der Waals surface area contributed by atoms with Crippen LogP contribution in [0, 0.1) is 0 Å². The molecule has 0 saturated carbocycles. The second kappa shape index (κ2) is 6.41. The van der Waals surface area contributed by atoms with Crippen molar-refractivity contribution in [3.63, 3.8) is 0 Å². The Balaban J connectivity index is 2.67. The molecular weight excluding hydrogens is 196 g/mol. The van der Waals surface area contributed by atoms with Crippen molar-refractivity contribution in [1.29, 1.82) is 0 Å². The monoisotopic (exact) mass is 224 g/mol. The van der Waals surface area contributed by atoms with Gasteiger partial charge in [0, 0.05) is 18.1 Å². The van der Waals surface area contributed by atoms with Crippen molar-refractivity contribution in [2.75, 3.05) is 19.6 Å². The maximum Gasteiger partial charge on any atom is 0.0303 e. The van der Waals surface area contributed by atoms with E-state index in [9.17, 15) is 0 Å². The van der Waals surface area contributed by atoms with Crippen molar-refractivity contribution in [1.82, 2.24) is 10.2 Å². The van der Waals surface area contributed by atoms with Gasteiger partial charge in [0.15, 0.2) is 0 Å². The number of hydrogen-bond donors (Lipinski definition) is 1. The summed E-state index contributed by atoms with van der Waals surface area (Å²) in [5.41, 5.74) is 0.339. The molecular formula is C14H28N2. The first-order chi connectivity index (χ1) is 7.67. The van der Waals surface area contributed by atoms with Crippen molar-refractivity contribution in [2.24, 2.45) is 0 Å². The van der Waals surface area contributed by atoms with E-state index in [4.69, 9.17) is 0 Å². The lowest BCUT2D eigenvalue weighted by atomic mass is 9.92. The van der Waals surface area contributed by atoms with E-state index in [1.807, 2.05) is 6.08 Å². The van der Waals surface area contributed by atoms with Crippen LogP contribution in [0.3, 0.4) is 0 Å². The third-order valence-electron chi connectivity index (χ3n) is 4.11. The van der Waals surface area contributed by atoms with E-state index in [0.29, 0.717) is 11.6 Å². The molecule has 2 nitrogen and oxygen atoms in total. The smallest absolute Gasteiger partial charge is 0.0303 e. The molecule has 1 saturated heterocycles. The molecule has 0 aromatic heterocycles. The van der Waals surface area contributed by atoms with Crippen LogP contribution in [0.25, 0.3) is 0 Å². The molecule has 1 fully saturated rings. The molecule has 94 valence electrons. The highest BCUT2D eigenvalue weighted by atomic mass is 15.2. The topological polar surface area (TPSA) is 15.3 Å². The number of hydrogen-bond acceptors (Lipinski definition) is 2. The largest absolute Gasteiger partial charge is 0.310 e. The minimum atomic E-state index is 0.339. The molecule has 0 radical (unpaired) electrons. The minimum absolute atomic E-state index is 0.339. The molecule has 0 bridgehead atoms. The van der Waals surface area contributed by atoms with Crippen LogP contribution in [-0.4, -0.2) is 36.1 Å². The van der Waals surface area contributed by atoms with Crippen molar-refractivity contribution < 1.29 is 0 Å². The van der Waals surface area contributed by atoms with Crippen molar-refractivity contribution in [3.05, 3.63) is 12.7 Å². The zero-order valence-corrected chi connectivity index (χ0v) is 11.3. The number of nitrogens with one attached hydrogen (secondary N) is 1. The van der Waals surface area contributed by atoms with E-state index in [2.05, 4.69) is 37.6 Å². The Labute approximate surface area is 101 Å². The van der Waals surface area contributed by atoms with Crippen LogP contribution in [0.5, 0.6) is 0 Å². The fraction of sp³-hybridized carbons (Fsp3) is 0.857. The summed E-state index contributed by atoms with van der Waals surface area (Å²) in [5.74, 6) is 0. The summed E-state index contributed by atoms with van der Waals surface area (Å²) in [6, 6.07) is 0.634. The maximum atomic E-state index is 3.85. The Morgan fingerprint density at radius 2 is 2.12 bits per heavy atom.